The molecule has 0 amide bonds. The number of carbonyl (C=O) groups is 2. The molecule has 0 aromatic heterocycles. The number of benzene rings is 1. The van der Waals surface area contributed by atoms with Crippen LogP contribution in [0, 0.1) is 6.92 Å². The molecule has 84 valence electrons. The maximum atomic E-state index is 11.4. The van der Waals surface area contributed by atoms with Gasteiger partial charge in [0.1, 0.15) is 13.2 Å². The molecule has 0 saturated carbocycles. The normalized spacial score (nSPS) is 13.3. The summed E-state index contributed by atoms with van der Waals surface area (Å²) >= 11 is 0. The molecule has 0 aliphatic carbocycles. The zero-order chi connectivity index (χ0) is 11.7. The molecule has 0 spiro atoms. The SMILES string of the molecule is Cc1c(C(=O)C(=O)O)ccc2c1OCCO2. The number of fused-ring (bicyclic) bond motifs is 1. The third-order valence-electron chi connectivity index (χ3n) is 2.40. The summed E-state index contributed by atoms with van der Waals surface area (Å²) in [4.78, 5) is 22.0. The number of carboxylic acids is 1. The average molecular weight is 222 g/mol. The van der Waals surface area contributed by atoms with Gasteiger partial charge in [0.05, 0.1) is 0 Å². The lowest BCUT2D eigenvalue weighted by molar-refractivity contribution is -0.131. The maximum absolute atomic E-state index is 11.4. The molecule has 1 aliphatic heterocycles. The van der Waals surface area contributed by atoms with Crippen LogP contribution in [0.2, 0.25) is 0 Å². The van der Waals surface area contributed by atoms with Gasteiger partial charge < -0.3 is 14.6 Å². The first kappa shape index (κ1) is 10.5. The first-order chi connectivity index (χ1) is 7.61. The number of ketones is 1. The first-order valence-corrected chi connectivity index (χ1v) is 4.78. The minimum Gasteiger partial charge on any atom is -0.486 e. The Morgan fingerprint density at radius 3 is 2.62 bits per heavy atom. The number of aliphatic carboxylic acids is 1. The zero-order valence-electron chi connectivity index (χ0n) is 8.65. The van der Waals surface area contributed by atoms with Crippen molar-refractivity contribution in [2.45, 2.75) is 6.92 Å². The maximum Gasteiger partial charge on any atom is 0.377 e. The Morgan fingerprint density at radius 2 is 1.94 bits per heavy atom. The highest BCUT2D eigenvalue weighted by Crippen LogP contribution is 2.35. The van der Waals surface area contributed by atoms with Gasteiger partial charge in [-0.2, -0.15) is 0 Å². The molecule has 0 unspecified atom stereocenters. The Morgan fingerprint density at radius 1 is 1.25 bits per heavy atom. The number of carboxylic acid groups (broad SMARTS) is 1. The highest BCUT2D eigenvalue weighted by molar-refractivity contribution is 6.40. The molecule has 0 radical (unpaired) electrons. The molecule has 0 atom stereocenters. The summed E-state index contributed by atoms with van der Waals surface area (Å²) in [6.07, 6.45) is 0. The van der Waals surface area contributed by atoms with Crippen molar-refractivity contribution >= 4 is 11.8 Å². The monoisotopic (exact) mass is 222 g/mol. The van der Waals surface area contributed by atoms with Crippen LogP contribution < -0.4 is 9.47 Å². The van der Waals surface area contributed by atoms with Crippen LogP contribution in [-0.2, 0) is 4.79 Å². The van der Waals surface area contributed by atoms with Crippen molar-refractivity contribution in [3.8, 4) is 11.5 Å². The molecule has 1 aromatic rings. The Kier molecular flexibility index (Phi) is 2.52. The Balaban J connectivity index is 2.49. The van der Waals surface area contributed by atoms with Gasteiger partial charge in [0.25, 0.3) is 5.78 Å². The lowest BCUT2D eigenvalue weighted by Gasteiger charge is -2.20. The minimum atomic E-state index is -1.47. The molecule has 5 heteroatoms. The van der Waals surface area contributed by atoms with Crippen molar-refractivity contribution in [3.05, 3.63) is 23.3 Å². The Hall–Kier alpha value is -2.04. The minimum absolute atomic E-state index is 0.136. The van der Waals surface area contributed by atoms with Crippen LogP contribution in [0.15, 0.2) is 12.1 Å². The van der Waals surface area contributed by atoms with E-state index >= 15 is 0 Å². The third kappa shape index (κ3) is 1.60. The van der Waals surface area contributed by atoms with E-state index in [1.165, 1.54) is 6.07 Å². The quantitative estimate of drug-likeness (QED) is 0.597. The van der Waals surface area contributed by atoms with E-state index < -0.39 is 11.8 Å². The number of hydrogen-bond acceptors (Lipinski definition) is 4. The Labute approximate surface area is 91.6 Å². The molecule has 1 aliphatic rings. The predicted octanol–water partition coefficient (Wildman–Crippen LogP) is 1.03. The van der Waals surface area contributed by atoms with Gasteiger partial charge in [-0.25, -0.2) is 4.79 Å². The fourth-order valence-corrected chi connectivity index (χ4v) is 1.62. The van der Waals surface area contributed by atoms with Crippen LogP contribution in [0.25, 0.3) is 0 Å². The van der Waals surface area contributed by atoms with Crippen molar-refractivity contribution < 1.29 is 24.2 Å². The van der Waals surface area contributed by atoms with Crippen molar-refractivity contribution in [2.75, 3.05) is 13.2 Å². The van der Waals surface area contributed by atoms with Crippen LogP contribution >= 0.6 is 0 Å². The fourth-order valence-electron chi connectivity index (χ4n) is 1.62. The van der Waals surface area contributed by atoms with Crippen LogP contribution in [0.3, 0.4) is 0 Å². The molecule has 0 saturated heterocycles. The third-order valence-corrected chi connectivity index (χ3v) is 2.40. The molecule has 5 nitrogen and oxygen atoms in total. The molecule has 1 heterocycles. The molecule has 1 N–H and O–H groups in total. The highest BCUT2D eigenvalue weighted by Gasteiger charge is 2.23. The fraction of sp³-hybridized carbons (Fsp3) is 0.273. The van der Waals surface area contributed by atoms with Gasteiger partial charge in [0, 0.05) is 11.1 Å². The second kappa shape index (κ2) is 3.84. The summed E-state index contributed by atoms with van der Waals surface area (Å²) < 4.78 is 10.7. The highest BCUT2D eigenvalue weighted by atomic mass is 16.6. The lowest BCUT2D eigenvalue weighted by atomic mass is 10.0. The molecular weight excluding hydrogens is 212 g/mol. The van der Waals surface area contributed by atoms with Crippen molar-refractivity contribution in [2.24, 2.45) is 0 Å². The number of Topliss-reactive ketones (excluding diaryl/α,β-unsaturated/α-hetero) is 1. The van der Waals surface area contributed by atoms with Gasteiger partial charge in [-0.15, -0.1) is 0 Å². The molecule has 0 fully saturated rings. The lowest BCUT2D eigenvalue weighted by Crippen LogP contribution is -2.19. The van der Waals surface area contributed by atoms with E-state index in [1.807, 2.05) is 0 Å². The smallest absolute Gasteiger partial charge is 0.377 e. The average Bonchev–Trinajstić information content (AvgIpc) is 2.29. The van der Waals surface area contributed by atoms with E-state index in [0.29, 0.717) is 30.3 Å². The number of ether oxygens (including phenoxy) is 2. The topological polar surface area (TPSA) is 72.8 Å². The van der Waals surface area contributed by atoms with Crippen molar-refractivity contribution in [1.29, 1.82) is 0 Å². The summed E-state index contributed by atoms with van der Waals surface area (Å²) in [5.74, 6) is -1.40. The van der Waals surface area contributed by atoms with E-state index in [4.69, 9.17) is 14.6 Å². The van der Waals surface area contributed by atoms with Gasteiger partial charge >= 0.3 is 5.97 Å². The predicted molar refractivity (Wildman–Crippen MR) is 54.1 cm³/mol. The van der Waals surface area contributed by atoms with E-state index in [1.54, 1.807) is 13.0 Å². The largest absolute Gasteiger partial charge is 0.486 e. The molecule has 2 rings (SSSR count). The van der Waals surface area contributed by atoms with Gasteiger partial charge in [0.15, 0.2) is 11.5 Å². The van der Waals surface area contributed by atoms with Gasteiger partial charge in [0.2, 0.25) is 0 Å². The van der Waals surface area contributed by atoms with E-state index in [9.17, 15) is 9.59 Å². The molecule has 0 bridgehead atoms. The number of carbonyl (C=O) groups excluding carboxylic acids is 1. The Bertz CT molecular complexity index is 464. The van der Waals surface area contributed by atoms with Gasteiger partial charge in [-0.05, 0) is 19.1 Å². The van der Waals surface area contributed by atoms with E-state index in [0.717, 1.165) is 0 Å². The van der Waals surface area contributed by atoms with Crippen LogP contribution in [0.1, 0.15) is 15.9 Å². The van der Waals surface area contributed by atoms with Gasteiger partial charge in [-0.3, -0.25) is 4.79 Å². The van der Waals surface area contributed by atoms with Crippen LogP contribution in [0.4, 0.5) is 0 Å². The first-order valence-electron chi connectivity index (χ1n) is 4.78. The van der Waals surface area contributed by atoms with Crippen molar-refractivity contribution in [1.82, 2.24) is 0 Å². The summed E-state index contributed by atoms with van der Waals surface area (Å²) in [5.41, 5.74) is 0.640. The standard InChI is InChI=1S/C11H10O5/c1-6-7(9(12)11(13)14)2-3-8-10(6)16-5-4-15-8/h2-3H,4-5H2,1H3,(H,13,14). The summed E-state index contributed by atoms with van der Waals surface area (Å²) in [6.45, 7) is 2.50. The summed E-state index contributed by atoms with van der Waals surface area (Å²) in [6, 6.07) is 3.00. The van der Waals surface area contributed by atoms with Gasteiger partial charge in [-0.1, -0.05) is 0 Å². The molecule has 16 heavy (non-hydrogen) atoms. The molecular formula is C11H10O5. The summed E-state index contributed by atoms with van der Waals surface area (Å²) in [5, 5.41) is 8.64. The van der Waals surface area contributed by atoms with E-state index in [-0.39, 0.29) is 5.56 Å². The van der Waals surface area contributed by atoms with Crippen molar-refractivity contribution in [3.63, 3.8) is 0 Å². The second-order valence-electron chi connectivity index (χ2n) is 3.40. The second-order valence-corrected chi connectivity index (χ2v) is 3.40. The molecule has 1 aromatic carbocycles. The van der Waals surface area contributed by atoms with Crippen LogP contribution in [-0.4, -0.2) is 30.1 Å². The van der Waals surface area contributed by atoms with E-state index in [2.05, 4.69) is 0 Å². The number of rotatable bonds is 2. The number of hydrogen-bond donors (Lipinski definition) is 1. The zero-order valence-corrected chi connectivity index (χ0v) is 8.65. The van der Waals surface area contributed by atoms with Crippen LogP contribution in [0.5, 0.6) is 11.5 Å². The summed E-state index contributed by atoms with van der Waals surface area (Å²) in [7, 11) is 0.